The molecular formula is C15H22N2O3. The van der Waals surface area contributed by atoms with Crippen LogP contribution in [0.5, 0.6) is 11.5 Å². The Bertz CT molecular complexity index is 452. The minimum Gasteiger partial charge on any atom is -0.493 e. The number of benzene rings is 1. The Labute approximate surface area is 119 Å². The van der Waals surface area contributed by atoms with E-state index in [0.717, 1.165) is 23.5 Å². The quantitative estimate of drug-likeness (QED) is 0.827. The molecule has 1 aromatic carbocycles. The summed E-state index contributed by atoms with van der Waals surface area (Å²) in [5, 5.41) is 6.32. The second-order valence-electron chi connectivity index (χ2n) is 4.80. The third-order valence-corrected chi connectivity index (χ3v) is 3.41. The van der Waals surface area contributed by atoms with E-state index in [2.05, 4.69) is 10.6 Å². The first-order chi connectivity index (χ1) is 9.74. The number of ether oxygens (including phenoxy) is 2. The van der Waals surface area contributed by atoms with Gasteiger partial charge in [-0.25, -0.2) is 0 Å². The lowest BCUT2D eigenvalue weighted by atomic mass is 10.1. The highest BCUT2D eigenvalue weighted by Crippen LogP contribution is 2.31. The Morgan fingerprint density at radius 2 is 2.30 bits per heavy atom. The van der Waals surface area contributed by atoms with E-state index in [4.69, 9.17) is 9.47 Å². The van der Waals surface area contributed by atoms with Gasteiger partial charge in [-0.3, -0.25) is 4.79 Å². The number of rotatable bonds is 6. The predicted molar refractivity (Wildman–Crippen MR) is 77.0 cm³/mol. The largest absolute Gasteiger partial charge is 0.493 e. The van der Waals surface area contributed by atoms with Gasteiger partial charge in [0.05, 0.1) is 13.7 Å². The molecule has 1 atom stereocenters. The molecule has 2 rings (SSSR count). The summed E-state index contributed by atoms with van der Waals surface area (Å²) in [5.41, 5.74) is 1.07. The van der Waals surface area contributed by atoms with Gasteiger partial charge in [0.15, 0.2) is 11.5 Å². The summed E-state index contributed by atoms with van der Waals surface area (Å²) < 4.78 is 11.0. The Morgan fingerprint density at radius 3 is 2.95 bits per heavy atom. The Kier molecular flexibility index (Phi) is 5.24. The summed E-state index contributed by atoms with van der Waals surface area (Å²) in [4.78, 5) is 11.1. The van der Waals surface area contributed by atoms with Gasteiger partial charge in [-0.2, -0.15) is 0 Å². The van der Waals surface area contributed by atoms with Crippen LogP contribution in [0.25, 0.3) is 0 Å². The highest BCUT2D eigenvalue weighted by atomic mass is 16.5. The maximum atomic E-state index is 11.1. The number of carbonyl (C=O) groups excluding carboxylic acids is 1. The van der Waals surface area contributed by atoms with E-state index in [9.17, 15) is 4.79 Å². The summed E-state index contributed by atoms with van der Waals surface area (Å²) in [7, 11) is 1.65. The third-order valence-electron chi connectivity index (χ3n) is 3.41. The Morgan fingerprint density at radius 1 is 1.45 bits per heavy atom. The standard InChI is InChI=1S/C15H22N2O3/c1-3-20-13-6-4-5-11(15(13)19-2)9-16-12-7-8-14(18)17-10-12/h4-6,12,16H,3,7-10H2,1-2H3,(H,17,18). The fraction of sp³-hybridized carbons (Fsp3) is 0.533. The molecule has 20 heavy (non-hydrogen) atoms. The minimum absolute atomic E-state index is 0.138. The fourth-order valence-electron chi connectivity index (χ4n) is 2.36. The molecule has 1 aromatic rings. The zero-order valence-corrected chi connectivity index (χ0v) is 12.1. The van der Waals surface area contributed by atoms with Crippen LogP contribution in [0.15, 0.2) is 18.2 Å². The van der Waals surface area contributed by atoms with Crippen molar-refractivity contribution < 1.29 is 14.3 Å². The first-order valence-corrected chi connectivity index (χ1v) is 7.03. The second kappa shape index (κ2) is 7.14. The molecule has 5 heteroatoms. The van der Waals surface area contributed by atoms with E-state index in [0.29, 0.717) is 32.2 Å². The molecule has 1 aliphatic rings. The molecule has 0 radical (unpaired) electrons. The molecule has 1 saturated heterocycles. The summed E-state index contributed by atoms with van der Waals surface area (Å²) in [6.45, 7) is 3.95. The summed E-state index contributed by atoms with van der Waals surface area (Å²) in [6.07, 6.45) is 1.47. The summed E-state index contributed by atoms with van der Waals surface area (Å²) in [5.74, 6) is 1.69. The average molecular weight is 278 g/mol. The Hall–Kier alpha value is -1.75. The number of hydrogen-bond donors (Lipinski definition) is 2. The fourth-order valence-corrected chi connectivity index (χ4v) is 2.36. The Balaban J connectivity index is 1.98. The lowest BCUT2D eigenvalue weighted by Crippen LogP contribution is -2.45. The van der Waals surface area contributed by atoms with Gasteiger partial charge < -0.3 is 20.1 Å². The number of carbonyl (C=O) groups is 1. The van der Waals surface area contributed by atoms with Crippen molar-refractivity contribution in [1.82, 2.24) is 10.6 Å². The highest BCUT2D eigenvalue weighted by molar-refractivity contribution is 5.76. The number of hydrogen-bond acceptors (Lipinski definition) is 4. The van der Waals surface area contributed by atoms with Crippen LogP contribution in [-0.4, -0.2) is 32.2 Å². The molecular weight excluding hydrogens is 256 g/mol. The maximum Gasteiger partial charge on any atom is 0.220 e. The molecule has 0 aromatic heterocycles. The molecule has 0 bridgehead atoms. The normalized spacial score (nSPS) is 18.5. The smallest absolute Gasteiger partial charge is 0.220 e. The van der Waals surface area contributed by atoms with Crippen LogP contribution >= 0.6 is 0 Å². The van der Waals surface area contributed by atoms with Gasteiger partial charge in [-0.1, -0.05) is 12.1 Å². The lowest BCUT2D eigenvalue weighted by molar-refractivity contribution is -0.122. The van der Waals surface area contributed by atoms with Crippen molar-refractivity contribution in [2.24, 2.45) is 0 Å². The monoisotopic (exact) mass is 278 g/mol. The van der Waals surface area contributed by atoms with E-state index in [-0.39, 0.29) is 5.91 Å². The van der Waals surface area contributed by atoms with Crippen LogP contribution in [0.1, 0.15) is 25.3 Å². The molecule has 1 aliphatic heterocycles. The van der Waals surface area contributed by atoms with E-state index in [1.54, 1.807) is 7.11 Å². The van der Waals surface area contributed by atoms with Crippen LogP contribution in [-0.2, 0) is 11.3 Å². The van der Waals surface area contributed by atoms with Crippen LogP contribution in [0.2, 0.25) is 0 Å². The summed E-state index contributed by atoms with van der Waals surface area (Å²) in [6, 6.07) is 6.21. The molecule has 2 N–H and O–H groups in total. The van der Waals surface area contributed by atoms with Gasteiger partial charge in [0.2, 0.25) is 5.91 Å². The predicted octanol–water partition coefficient (Wildman–Crippen LogP) is 1.46. The van der Waals surface area contributed by atoms with Crippen molar-refractivity contribution in [3.05, 3.63) is 23.8 Å². The van der Waals surface area contributed by atoms with Crippen molar-refractivity contribution in [3.8, 4) is 11.5 Å². The number of amides is 1. The van der Waals surface area contributed by atoms with Crippen molar-refractivity contribution in [1.29, 1.82) is 0 Å². The van der Waals surface area contributed by atoms with Crippen molar-refractivity contribution >= 4 is 5.91 Å². The van der Waals surface area contributed by atoms with Gasteiger partial charge in [-0.05, 0) is 19.4 Å². The van der Waals surface area contributed by atoms with Crippen LogP contribution in [0.3, 0.4) is 0 Å². The topological polar surface area (TPSA) is 59.6 Å². The molecule has 1 fully saturated rings. The van der Waals surface area contributed by atoms with Crippen LogP contribution < -0.4 is 20.1 Å². The SMILES string of the molecule is CCOc1cccc(CNC2CCC(=O)NC2)c1OC. The van der Waals surface area contributed by atoms with Crippen LogP contribution in [0, 0.1) is 0 Å². The lowest BCUT2D eigenvalue weighted by Gasteiger charge is -2.24. The molecule has 0 aliphatic carbocycles. The number of piperidine rings is 1. The second-order valence-corrected chi connectivity index (χ2v) is 4.80. The van der Waals surface area contributed by atoms with Gasteiger partial charge >= 0.3 is 0 Å². The first kappa shape index (κ1) is 14.7. The molecule has 0 spiro atoms. The maximum absolute atomic E-state index is 11.1. The zero-order valence-electron chi connectivity index (χ0n) is 12.1. The highest BCUT2D eigenvalue weighted by Gasteiger charge is 2.18. The average Bonchev–Trinajstić information content (AvgIpc) is 2.47. The number of nitrogens with one attached hydrogen (secondary N) is 2. The summed E-state index contributed by atoms with van der Waals surface area (Å²) >= 11 is 0. The van der Waals surface area contributed by atoms with Gasteiger partial charge in [0.25, 0.3) is 0 Å². The van der Waals surface area contributed by atoms with E-state index in [1.165, 1.54) is 0 Å². The minimum atomic E-state index is 0.138. The third kappa shape index (κ3) is 3.63. The molecule has 0 saturated carbocycles. The molecule has 1 unspecified atom stereocenters. The van der Waals surface area contributed by atoms with Crippen molar-refractivity contribution in [3.63, 3.8) is 0 Å². The molecule has 110 valence electrons. The van der Waals surface area contributed by atoms with E-state index >= 15 is 0 Å². The van der Waals surface area contributed by atoms with Gasteiger partial charge in [0, 0.05) is 31.1 Å². The first-order valence-electron chi connectivity index (χ1n) is 7.03. The molecule has 1 amide bonds. The van der Waals surface area contributed by atoms with Gasteiger partial charge in [-0.15, -0.1) is 0 Å². The van der Waals surface area contributed by atoms with Crippen molar-refractivity contribution in [2.45, 2.75) is 32.4 Å². The van der Waals surface area contributed by atoms with Gasteiger partial charge in [0.1, 0.15) is 0 Å². The number of para-hydroxylation sites is 1. The molecule has 1 heterocycles. The zero-order chi connectivity index (χ0) is 14.4. The van der Waals surface area contributed by atoms with E-state index in [1.807, 2.05) is 25.1 Å². The molecule has 5 nitrogen and oxygen atoms in total. The number of methoxy groups -OCH3 is 1. The van der Waals surface area contributed by atoms with Crippen molar-refractivity contribution in [2.75, 3.05) is 20.3 Å². The van der Waals surface area contributed by atoms with E-state index < -0.39 is 0 Å². The van der Waals surface area contributed by atoms with Crippen LogP contribution in [0.4, 0.5) is 0 Å².